The highest BCUT2D eigenvalue weighted by Gasteiger charge is 2.32. The van der Waals surface area contributed by atoms with Crippen LogP contribution < -0.4 is 0 Å². The first-order valence-electron chi connectivity index (χ1n) is 5.85. The summed E-state index contributed by atoms with van der Waals surface area (Å²) in [5.41, 5.74) is 2.53. The van der Waals surface area contributed by atoms with E-state index in [0.717, 1.165) is 5.56 Å². The standard InChI is InChI=1S/C14H12O3/c1-7-4-14(17)9-6-11-10(5-8(7)9)12(15)2-3-13(11)16/h5-7H,2-4H2,1H3. The number of carbonyl (C=O) groups excluding carboxylic acids is 3. The maximum absolute atomic E-state index is 11.8. The summed E-state index contributed by atoms with van der Waals surface area (Å²) < 4.78 is 0. The second-order valence-corrected chi connectivity index (χ2v) is 4.86. The third-order valence-electron chi connectivity index (χ3n) is 3.69. The van der Waals surface area contributed by atoms with Crippen molar-refractivity contribution in [2.24, 2.45) is 0 Å². The Morgan fingerprint density at radius 1 is 0.882 bits per heavy atom. The van der Waals surface area contributed by atoms with Gasteiger partial charge in [-0.05, 0) is 23.6 Å². The number of Topliss-reactive ketones (excluding diaryl/α,β-unsaturated/α-hetero) is 3. The highest BCUT2D eigenvalue weighted by molar-refractivity contribution is 6.15. The molecular formula is C14H12O3. The van der Waals surface area contributed by atoms with Crippen molar-refractivity contribution >= 4 is 17.3 Å². The summed E-state index contributed by atoms with van der Waals surface area (Å²) in [6.45, 7) is 1.98. The monoisotopic (exact) mass is 228 g/mol. The summed E-state index contributed by atoms with van der Waals surface area (Å²) in [5, 5.41) is 0. The van der Waals surface area contributed by atoms with E-state index in [1.165, 1.54) is 0 Å². The Balaban J connectivity index is 2.27. The van der Waals surface area contributed by atoms with Crippen molar-refractivity contribution in [2.75, 3.05) is 0 Å². The molecular weight excluding hydrogens is 216 g/mol. The van der Waals surface area contributed by atoms with Gasteiger partial charge in [0, 0.05) is 36.0 Å². The zero-order valence-electron chi connectivity index (χ0n) is 9.58. The third-order valence-corrected chi connectivity index (χ3v) is 3.69. The van der Waals surface area contributed by atoms with Crippen molar-refractivity contribution in [2.45, 2.75) is 32.1 Å². The van der Waals surface area contributed by atoms with Crippen LogP contribution in [-0.4, -0.2) is 17.3 Å². The van der Waals surface area contributed by atoms with E-state index in [4.69, 9.17) is 0 Å². The molecule has 3 rings (SSSR count). The number of hydrogen-bond acceptors (Lipinski definition) is 3. The molecule has 3 nitrogen and oxygen atoms in total. The first-order valence-corrected chi connectivity index (χ1v) is 5.85. The van der Waals surface area contributed by atoms with Crippen LogP contribution in [0.25, 0.3) is 0 Å². The first kappa shape index (κ1) is 10.4. The molecule has 0 radical (unpaired) electrons. The normalized spacial score (nSPS) is 22.6. The smallest absolute Gasteiger partial charge is 0.164 e. The van der Waals surface area contributed by atoms with Crippen molar-refractivity contribution in [3.8, 4) is 0 Å². The molecule has 0 aromatic heterocycles. The quantitative estimate of drug-likeness (QED) is 0.685. The minimum Gasteiger partial charge on any atom is -0.294 e. The van der Waals surface area contributed by atoms with E-state index in [1.54, 1.807) is 12.1 Å². The van der Waals surface area contributed by atoms with E-state index in [2.05, 4.69) is 0 Å². The van der Waals surface area contributed by atoms with Crippen molar-refractivity contribution in [3.63, 3.8) is 0 Å². The summed E-state index contributed by atoms with van der Waals surface area (Å²) >= 11 is 0. The molecule has 0 spiro atoms. The van der Waals surface area contributed by atoms with Crippen molar-refractivity contribution in [3.05, 3.63) is 34.4 Å². The molecule has 17 heavy (non-hydrogen) atoms. The molecule has 1 aromatic carbocycles. The average Bonchev–Trinajstić information content (AvgIpc) is 2.58. The fourth-order valence-electron chi connectivity index (χ4n) is 2.72. The molecule has 3 heteroatoms. The van der Waals surface area contributed by atoms with E-state index in [9.17, 15) is 14.4 Å². The number of carbonyl (C=O) groups is 3. The van der Waals surface area contributed by atoms with Crippen molar-refractivity contribution < 1.29 is 14.4 Å². The first-order chi connectivity index (χ1) is 8.08. The highest BCUT2D eigenvalue weighted by atomic mass is 16.1. The molecule has 0 aliphatic heterocycles. The van der Waals surface area contributed by atoms with Gasteiger partial charge in [-0.25, -0.2) is 0 Å². The molecule has 2 aliphatic carbocycles. The molecule has 0 amide bonds. The van der Waals surface area contributed by atoms with Crippen LogP contribution in [-0.2, 0) is 0 Å². The summed E-state index contributed by atoms with van der Waals surface area (Å²) in [5.74, 6) is 0.248. The lowest BCUT2D eigenvalue weighted by Gasteiger charge is -2.15. The average molecular weight is 228 g/mol. The molecule has 1 atom stereocenters. The summed E-state index contributed by atoms with van der Waals surface area (Å²) in [6.07, 6.45) is 1.06. The van der Waals surface area contributed by atoms with Gasteiger partial charge in [-0.3, -0.25) is 14.4 Å². The van der Waals surface area contributed by atoms with Gasteiger partial charge in [0.15, 0.2) is 17.3 Å². The lowest BCUT2D eigenvalue weighted by atomic mass is 9.86. The van der Waals surface area contributed by atoms with E-state index < -0.39 is 0 Å². The Morgan fingerprint density at radius 2 is 1.47 bits per heavy atom. The molecule has 1 aromatic rings. The van der Waals surface area contributed by atoms with Gasteiger partial charge in [0.25, 0.3) is 0 Å². The SMILES string of the molecule is CC1CC(=O)c2cc3c(cc21)C(=O)CCC3=O. The number of rotatable bonds is 0. The number of benzene rings is 1. The van der Waals surface area contributed by atoms with E-state index in [0.29, 0.717) is 29.5 Å². The van der Waals surface area contributed by atoms with Crippen molar-refractivity contribution in [1.82, 2.24) is 0 Å². The van der Waals surface area contributed by atoms with Gasteiger partial charge in [0.2, 0.25) is 0 Å². The Kier molecular flexibility index (Phi) is 2.05. The second-order valence-electron chi connectivity index (χ2n) is 4.86. The maximum atomic E-state index is 11.8. The predicted octanol–water partition coefficient (Wildman–Crippen LogP) is 2.54. The Morgan fingerprint density at radius 3 is 2.12 bits per heavy atom. The van der Waals surface area contributed by atoms with E-state index in [-0.39, 0.29) is 29.7 Å². The van der Waals surface area contributed by atoms with Crippen LogP contribution in [0.3, 0.4) is 0 Å². The molecule has 0 bridgehead atoms. The predicted molar refractivity (Wildman–Crippen MR) is 61.7 cm³/mol. The Bertz CT molecular complexity index is 569. The van der Waals surface area contributed by atoms with Crippen molar-refractivity contribution in [1.29, 1.82) is 0 Å². The largest absolute Gasteiger partial charge is 0.294 e. The molecule has 0 saturated heterocycles. The van der Waals surface area contributed by atoms with Gasteiger partial charge < -0.3 is 0 Å². The summed E-state index contributed by atoms with van der Waals surface area (Å²) in [6, 6.07) is 3.40. The molecule has 2 aliphatic rings. The topological polar surface area (TPSA) is 51.2 Å². The zero-order valence-corrected chi connectivity index (χ0v) is 9.58. The van der Waals surface area contributed by atoms with Gasteiger partial charge in [-0.1, -0.05) is 6.92 Å². The van der Waals surface area contributed by atoms with Crippen LogP contribution in [0.15, 0.2) is 12.1 Å². The van der Waals surface area contributed by atoms with Crippen LogP contribution in [0.4, 0.5) is 0 Å². The highest BCUT2D eigenvalue weighted by Crippen LogP contribution is 2.36. The second kappa shape index (κ2) is 3.36. The van der Waals surface area contributed by atoms with Crippen LogP contribution in [0.1, 0.15) is 68.7 Å². The number of hydrogen-bond donors (Lipinski definition) is 0. The van der Waals surface area contributed by atoms with E-state index in [1.807, 2.05) is 6.92 Å². The fraction of sp³-hybridized carbons (Fsp3) is 0.357. The van der Waals surface area contributed by atoms with Crippen LogP contribution >= 0.6 is 0 Å². The van der Waals surface area contributed by atoms with Gasteiger partial charge in [0.05, 0.1) is 0 Å². The van der Waals surface area contributed by atoms with Crippen LogP contribution in [0.5, 0.6) is 0 Å². The Hall–Kier alpha value is -1.77. The molecule has 0 saturated carbocycles. The minimum absolute atomic E-state index is 0.0187. The van der Waals surface area contributed by atoms with Crippen LogP contribution in [0.2, 0.25) is 0 Å². The van der Waals surface area contributed by atoms with E-state index >= 15 is 0 Å². The third kappa shape index (κ3) is 1.38. The maximum Gasteiger partial charge on any atom is 0.164 e. The molecule has 0 N–H and O–H groups in total. The Labute approximate surface area is 98.8 Å². The summed E-state index contributed by atoms with van der Waals surface area (Å²) in [7, 11) is 0. The lowest BCUT2D eigenvalue weighted by Crippen LogP contribution is -2.18. The van der Waals surface area contributed by atoms with Gasteiger partial charge in [0.1, 0.15) is 0 Å². The number of ketones is 3. The fourth-order valence-corrected chi connectivity index (χ4v) is 2.72. The molecule has 86 valence electrons. The summed E-state index contributed by atoms with van der Waals surface area (Å²) in [4.78, 5) is 35.3. The molecule has 0 heterocycles. The number of fused-ring (bicyclic) bond motifs is 2. The minimum atomic E-state index is -0.0187. The van der Waals surface area contributed by atoms with Gasteiger partial charge >= 0.3 is 0 Å². The molecule has 1 unspecified atom stereocenters. The molecule has 0 fully saturated rings. The van der Waals surface area contributed by atoms with Crippen LogP contribution in [0, 0.1) is 0 Å². The van der Waals surface area contributed by atoms with Gasteiger partial charge in [-0.15, -0.1) is 0 Å². The lowest BCUT2D eigenvalue weighted by molar-refractivity contribution is 0.0890. The van der Waals surface area contributed by atoms with Gasteiger partial charge in [-0.2, -0.15) is 0 Å². The zero-order chi connectivity index (χ0) is 12.2.